The van der Waals surface area contributed by atoms with Crippen LogP contribution in [-0.2, 0) is 13.5 Å². The van der Waals surface area contributed by atoms with Crippen LogP contribution in [0.4, 0.5) is 5.95 Å². The third kappa shape index (κ3) is 3.02. The summed E-state index contributed by atoms with van der Waals surface area (Å²) in [4.78, 5) is 4.10. The lowest BCUT2D eigenvalue weighted by molar-refractivity contribution is 0.581. The van der Waals surface area contributed by atoms with Crippen molar-refractivity contribution in [3.05, 3.63) is 5.82 Å². The van der Waals surface area contributed by atoms with Gasteiger partial charge >= 0.3 is 0 Å². The van der Waals surface area contributed by atoms with E-state index in [1.807, 2.05) is 0 Å². The number of hydrogen-bond donors (Lipinski definition) is 2. The summed E-state index contributed by atoms with van der Waals surface area (Å²) in [5, 5.41) is 7.44. The maximum Gasteiger partial charge on any atom is 0.218 e. The molecule has 0 unspecified atom stereocenters. The van der Waals surface area contributed by atoms with Crippen molar-refractivity contribution < 1.29 is 0 Å². The molecule has 13 heavy (non-hydrogen) atoms. The van der Waals surface area contributed by atoms with Crippen LogP contribution in [0.25, 0.3) is 0 Å². The Hall–Kier alpha value is -1.10. The number of nitrogen functional groups attached to an aromatic ring is 1. The zero-order valence-electron chi connectivity index (χ0n) is 8.41. The molecule has 0 fully saturated rings. The Bertz CT molecular complexity index is 246. The summed E-state index contributed by atoms with van der Waals surface area (Å²) >= 11 is 0. The molecular formula is C8H17N5. The molecule has 1 heterocycles. The van der Waals surface area contributed by atoms with Crippen LogP contribution in [0.15, 0.2) is 0 Å². The largest absolute Gasteiger partial charge is 0.368 e. The minimum atomic E-state index is 0.472. The van der Waals surface area contributed by atoms with Crippen LogP contribution >= 0.6 is 0 Å². The van der Waals surface area contributed by atoms with E-state index in [9.17, 15) is 0 Å². The second-order valence-electron chi connectivity index (χ2n) is 3.37. The van der Waals surface area contributed by atoms with Gasteiger partial charge in [0.1, 0.15) is 0 Å². The van der Waals surface area contributed by atoms with Crippen molar-refractivity contribution in [2.45, 2.75) is 26.3 Å². The molecule has 5 nitrogen and oxygen atoms in total. The summed E-state index contributed by atoms with van der Waals surface area (Å²) in [7, 11) is 1.79. The van der Waals surface area contributed by atoms with Crippen LogP contribution < -0.4 is 11.1 Å². The van der Waals surface area contributed by atoms with Crippen LogP contribution in [0.5, 0.6) is 0 Å². The van der Waals surface area contributed by atoms with Crippen LogP contribution in [-0.4, -0.2) is 27.4 Å². The normalized spacial score (nSPS) is 11.1. The highest BCUT2D eigenvalue weighted by atomic mass is 15.4. The predicted molar refractivity (Wildman–Crippen MR) is 52.3 cm³/mol. The predicted octanol–water partition coefficient (Wildman–Crippen LogP) is -0.0622. The fourth-order valence-electron chi connectivity index (χ4n) is 1.03. The van der Waals surface area contributed by atoms with Crippen molar-refractivity contribution >= 4 is 5.95 Å². The fraction of sp³-hybridized carbons (Fsp3) is 0.750. The average molecular weight is 183 g/mol. The third-order valence-electron chi connectivity index (χ3n) is 1.74. The Morgan fingerprint density at radius 2 is 2.23 bits per heavy atom. The SMILES string of the molecule is CC(C)NCCc1nc(N)n(C)n1. The lowest BCUT2D eigenvalue weighted by Crippen LogP contribution is -2.25. The number of aromatic nitrogens is 3. The molecule has 5 heteroatoms. The van der Waals surface area contributed by atoms with Gasteiger partial charge in [-0.1, -0.05) is 13.8 Å². The summed E-state index contributed by atoms with van der Waals surface area (Å²) in [6, 6.07) is 0.501. The Balaban J connectivity index is 2.37. The molecule has 74 valence electrons. The number of hydrogen-bond acceptors (Lipinski definition) is 4. The van der Waals surface area contributed by atoms with E-state index in [2.05, 4.69) is 29.2 Å². The Kier molecular flexibility index (Phi) is 3.25. The molecule has 0 spiro atoms. The van der Waals surface area contributed by atoms with Gasteiger partial charge in [0.15, 0.2) is 5.82 Å². The van der Waals surface area contributed by atoms with Gasteiger partial charge < -0.3 is 11.1 Å². The highest BCUT2D eigenvalue weighted by molar-refractivity contribution is 5.15. The van der Waals surface area contributed by atoms with Gasteiger partial charge in [-0.25, -0.2) is 4.68 Å². The first-order valence-corrected chi connectivity index (χ1v) is 4.48. The zero-order chi connectivity index (χ0) is 9.84. The standard InChI is InChI=1S/C8H17N5/c1-6(2)10-5-4-7-11-8(9)13(3)12-7/h6,10H,4-5H2,1-3H3,(H2,9,11,12). The van der Waals surface area contributed by atoms with E-state index in [1.54, 1.807) is 11.7 Å². The molecule has 1 aromatic rings. The lowest BCUT2D eigenvalue weighted by Gasteiger charge is -2.04. The van der Waals surface area contributed by atoms with E-state index in [4.69, 9.17) is 5.73 Å². The number of rotatable bonds is 4. The molecule has 0 amide bonds. The maximum atomic E-state index is 5.54. The maximum absolute atomic E-state index is 5.54. The van der Waals surface area contributed by atoms with Gasteiger partial charge in [0, 0.05) is 26.1 Å². The van der Waals surface area contributed by atoms with Gasteiger partial charge in [0.25, 0.3) is 0 Å². The third-order valence-corrected chi connectivity index (χ3v) is 1.74. The first-order valence-electron chi connectivity index (χ1n) is 4.48. The summed E-state index contributed by atoms with van der Waals surface area (Å²) < 4.78 is 1.59. The van der Waals surface area contributed by atoms with Crippen molar-refractivity contribution in [2.24, 2.45) is 7.05 Å². The Morgan fingerprint density at radius 1 is 1.54 bits per heavy atom. The minimum Gasteiger partial charge on any atom is -0.368 e. The van der Waals surface area contributed by atoms with Crippen molar-refractivity contribution in [1.29, 1.82) is 0 Å². The molecule has 1 rings (SSSR count). The molecule has 0 aliphatic carbocycles. The van der Waals surface area contributed by atoms with Crippen LogP contribution in [0, 0.1) is 0 Å². The van der Waals surface area contributed by atoms with Crippen LogP contribution in [0.3, 0.4) is 0 Å². The van der Waals surface area contributed by atoms with E-state index in [0.717, 1.165) is 18.8 Å². The topological polar surface area (TPSA) is 68.8 Å². The molecule has 0 aromatic carbocycles. The van der Waals surface area contributed by atoms with Gasteiger partial charge in [-0.05, 0) is 0 Å². The second-order valence-corrected chi connectivity index (χ2v) is 3.37. The quantitative estimate of drug-likeness (QED) is 0.686. The summed E-state index contributed by atoms with van der Waals surface area (Å²) in [5.41, 5.74) is 5.54. The van der Waals surface area contributed by atoms with E-state index in [0.29, 0.717) is 12.0 Å². The van der Waals surface area contributed by atoms with Crippen molar-refractivity contribution in [3.8, 4) is 0 Å². The van der Waals surface area contributed by atoms with E-state index < -0.39 is 0 Å². The molecule has 0 atom stereocenters. The lowest BCUT2D eigenvalue weighted by atomic mass is 10.3. The summed E-state index contributed by atoms with van der Waals surface area (Å²) in [6.07, 6.45) is 0.823. The van der Waals surface area contributed by atoms with Gasteiger partial charge in [-0.2, -0.15) is 10.1 Å². The van der Waals surface area contributed by atoms with E-state index >= 15 is 0 Å². The minimum absolute atomic E-state index is 0.472. The van der Waals surface area contributed by atoms with Gasteiger partial charge in [0.05, 0.1) is 0 Å². The van der Waals surface area contributed by atoms with Gasteiger partial charge in [-0.3, -0.25) is 0 Å². The van der Waals surface area contributed by atoms with Crippen LogP contribution in [0.2, 0.25) is 0 Å². The fourth-order valence-corrected chi connectivity index (χ4v) is 1.03. The molecule has 3 N–H and O–H groups in total. The van der Waals surface area contributed by atoms with Crippen molar-refractivity contribution in [2.75, 3.05) is 12.3 Å². The number of aryl methyl sites for hydroxylation is 1. The molecule has 0 bridgehead atoms. The van der Waals surface area contributed by atoms with Gasteiger partial charge in [-0.15, -0.1) is 0 Å². The smallest absolute Gasteiger partial charge is 0.218 e. The molecule has 0 saturated carbocycles. The van der Waals surface area contributed by atoms with Crippen LogP contribution in [0.1, 0.15) is 19.7 Å². The van der Waals surface area contributed by atoms with Crippen molar-refractivity contribution in [1.82, 2.24) is 20.1 Å². The first kappa shape index (κ1) is 9.98. The first-order chi connectivity index (χ1) is 6.09. The van der Waals surface area contributed by atoms with E-state index in [-0.39, 0.29) is 0 Å². The molecule has 0 radical (unpaired) electrons. The number of nitrogens with one attached hydrogen (secondary N) is 1. The molecular weight excluding hydrogens is 166 g/mol. The molecule has 0 aliphatic heterocycles. The van der Waals surface area contributed by atoms with E-state index in [1.165, 1.54) is 0 Å². The molecule has 0 aliphatic rings. The molecule has 0 saturated heterocycles. The second kappa shape index (κ2) is 4.23. The Morgan fingerprint density at radius 3 is 2.69 bits per heavy atom. The zero-order valence-corrected chi connectivity index (χ0v) is 8.41. The Labute approximate surface area is 78.3 Å². The van der Waals surface area contributed by atoms with Gasteiger partial charge in [0.2, 0.25) is 5.95 Å². The summed E-state index contributed by atoms with van der Waals surface area (Å²) in [5.74, 6) is 1.27. The molecule has 1 aromatic heterocycles. The monoisotopic (exact) mass is 183 g/mol. The highest BCUT2D eigenvalue weighted by Crippen LogP contribution is 1.97. The summed E-state index contributed by atoms with van der Waals surface area (Å²) in [6.45, 7) is 5.11. The number of nitrogens with two attached hydrogens (primary N) is 1. The number of anilines is 1. The highest BCUT2D eigenvalue weighted by Gasteiger charge is 2.02. The number of nitrogens with zero attached hydrogens (tertiary/aromatic N) is 3. The van der Waals surface area contributed by atoms with Crippen molar-refractivity contribution in [3.63, 3.8) is 0 Å². The average Bonchev–Trinajstić information content (AvgIpc) is 2.30.